The zero-order chi connectivity index (χ0) is 23.8. The zero-order valence-corrected chi connectivity index (χ0v) is 17.4. The molecule has 0 aliphatic heterocycles. The molecule has 2 unspecified atom stereocenters. The van der Waals surface area contributed by atoms with Gasteiger partial charge in [-0.3, -0.25) is 4.40 Å². The summed E-state index contributed by atoms with van der Waals surface area (Å²) in [6, 6.07) is 5.24. The molecule has 1 saturated carbocycles. The van der Waals surface area contributed by atoms with Gasteiger partial charge >= 0.3 is 12.4 Å². The van der Waals surface area contributed by atoms with Crippen molar-refractivity contribution in [2.75, 3.05) is 5.32 Å². The number of fused-ring (bicyclic) bond motifs is 1. The first-order valence-electron chi connectivity index (χ1n) is 10.6. The van der Waals surface area contributed by atoms with Gasteiger partial charge in [0.25, 0.3) is 0 Å². The second kappa shape index (κ2) is 8.85. The van der Waals surface area contributed by atoms with Crippen LogP contribution in [0.3, 0.4) is 0 Å². The highest BCUT2D eigenvalue weighted by molar-refractivity contribution is 5.80. The predicted octanol–water partition coefficient (Wildman–Crippen LogP) is 5.63. The Morgan fingerprint density at radius 2 is 1.76 bits per heavy atom. The lowest BCUT2D eigenvalue weighted by Crippen LogP contribution is -2.33. The fourth-order valence-electron chi connectivity index (χ4n) is 4.23. The minimum Gasteiger partial charge on any atom is -0.391 e. The highest BCUT2D eigenvalue weighted by Gasteiger charge is 2.35. The van der Waals surface area contributed by atoms with Crippen molar-refractivity contribution in [2.45, 2.75) is 63.0 Å². The van der Waals surface area contributed by atoms with Crippen molar-refractivity contribution < 1.29 is 31.4 Å². The summed E-state index contributed by atoms with van der Waals surface area (Å²) in [5.41, 5.74) is -1.34. The van der Waals surface area contributed by atoms with Gasteiger partial charge in [-0.05, 0) is 42.7 Å². The molecular weight excluding hydrogens is 450 g/mol. The first-order valence-corrected chi connectivity index (χ1v) is 10.6. The molecule has 3 aromatic rings. The van der Waals surface area contributed by atoms with Crippen LogP contribution < -0.4 is 5.32 Å². The number of rotatable bonds is 4. The number of aliphatic hydroxyl groups excluding tert-OH is 1. The number of nitrogens with one attached hydrogen (secondary N) is 1. The van der Waals surface area contributed by atoms with E-state index < -0.39 is 36.0 Å². The summed E-state index contributed by atoms with van der Waals surface area (Å²) in [6.45, 7) is 0. The molecule has 11 heteroatoms. The summed E-state index contributed by atoms with van der Waals surface area (Å²) in [6.07, 6.45) is -5.74. The van der Waals surface area contributed by atoms with Crippen LogP contribution >= 0.6 is 0 Å². The van der Waals surface area contributed by atoms with E-state index in [2.05, 4.69) is 15.5 Å². The van der Waals surface area contributed by atoms with Crippen molar-refractivity contribution in [3.63, 3.8) is 0 Å². The molecule has 0 radical (unpaired) electrons. The average Bonchev–Trinajstić information content (AvgIpc) is 3.13. The van der Waals surface area contributed by atoms with E-state index in [1.54, 1.807) is 22.7 Å². The number of nitrogens with zero attached hydrogens (tertiary/aromatic N) is 3. The Labute approximate surface area is 185 Å². The fourth-order valence-corrected chi connectivity index (χ4v) is 4.23. The summed E-state index contributed by atoms with van der Waals surface area (Å²) in [4.78, 5) is 0. The van der Waals surface area contributed by atoms with Crippen LogP contribution in [0, 0.1) is 0 Å². The Morgan fingerprint density at radius 1 is 1.00 bits per heavy atom. The number of anilines is 1. The van der Waals surface area contributed by atoms with Gasteiger partial charge in [0.05, 0.1) is 29.6 Å². The number of benzene rings is 1. The quantitative estimate of drug-likeness (QED) is 0.382. The smallest absolute Gasteiger partial charge is 0.391 e. The van der Waals surface area contributed by atoms with Crippen LogP contribution in [-0.4, -0.2) is 38.0 Å². The maximum atomic E-state index is 13.2. The lowest BCUT2D eigenvalue weighted by Gasteiger charge is -2.23. The Bertz CT molecular complexity index is 1120. The number of hydrogen-bond donors (Lipinski definition) is 2. The van der Waals surface area contributed by atoms with Gasteiger partial charge in [-0.2, -0.15) is 26.3 Å². The van der Waals surface area contributed by atoms with E-state index in [0.29, 0.717) is 24.0 Å². The molecule has 0 amide bonds. The van der Waals surface area contributed by atoms with Crippen LogP contribution in [0.5, 0.6) is 0 Å². The highest BCUT2D eigenvalue weighted by Crippen LogP contribution is 2.37. The first kappa shape index (κ1) is 23.3. The Morgan fingerprint density at radius 3 is 2.48 bits per heavy atom. The van der Waals surface area contributed by atoms with Crippen molar-refractivity contribution in [2.24, 2.45) is 0 Å². The van der Waals surface area contributed by atoms with E-state index in [1.807, 2.05) is 0 Å². The molecule has 2 heterocycles. The van der Waals surface area contributed by atoms with Crippen molar-refractivity contribution in [3.05, 3.63) is 47.7 Å². The SMILES string of the molecule is OC1CCCCCC1Nc1nnc(-c2ccc(C(F)(F)F)cc2CC(F)(F)F)c2cccn12. The zero-order valence-electron chi connectivity index (χ0n) is 17.4. The number of aromatic nitrogens is 3. The second-order valence-corrected chi connectivity index (χ2v) is 8.25. The summed E-state index contributed by atoms with van der Waals surface area (Å²) in [5.74, 6) is 0.300. The molecule has 0 saturated heterocycles. The first-order chi connectivity index (χ1) is 15.5. The Kier molecular flexibility index (Phi) is 6.26. The van der Waals surface area contributed by atoms with Crippen LogP contribution in [-0.2, 0) is 12.6 Å². The molecule has 2 aromatic heterocycles. The molecule has 33 heavy (non-hydrogen) atoms. The van der Waals surface area contributed by atoms with Crippen LogP contribution in [0.15, 0.2) is 36.5 Å². The summed E-state index contributed by atoms with van der Waals surface area (Å²) in [7, 11) is 0. The molecule has 0 spiro atoms. The van der Waals surface area contributed by atoms with Crippen LogP contribution in [0.25, 0.3) is 16.8 Å². The third kappa shape index (κ3) is 5.23. The molecule has 1 fully saturated rings. The van der Waals surface area contributed by atoms with Gasteiger partial charge in [0.2, 0.25) is 5.95 Å². The van der Waals surface area contributed by atoms with Crippen LogP contribution in [0.2, 0.25) is 0 Å². The van der Waals surface area contributed by atoms with Crippen molar-refractivity contribution in [1.29, 1.82) is 0 Å². The average molecular weight is 472 g/mol. The molecule has 1 aliphatic rings. The van der Waals surface area contributed by atoms with Gasteiger partial charge in [-0.1, -0.05) is 25.3 Å². The summed E-state index contributed by atoms with van der Waals surface area (Å²) >= 11 is 0. The fraction of sp³-hybridized carbons (Fsp3) is 0.455. The van der Waals surface area contributed by atoms with Crippen molar-refractivity contribution >= 4 is 11.5 Å². The number of aliphatic hydroxyl groups is 1. The minimum atomic E-state index is -4.78. The lowest BCUT2D eigenvalue weighted by atomic mass is 9.98. The van der Waals surface area contributed by atoms with Gasteiger partial charge in [0.15, 0.2) is 0 Å². The van der Waals surface area contributed by atoms with Gasteiger partial charge in [-0.25, -0.2) is 0 Å². The topological polar surface area (TPSA) is 62.5 Å². The third-order valence-electron chi connectivity index (χ3n) is 5.84. The summed E-state index contributed by atoms with van der Waals surface area (Å²) in [5, 5.41) is 21.7. The van der Waals surface area contributed by atoms with E-state index >= 15 is 0 Å². The van der Waals surface area contributed by atoms with Crippen LogP contribution in [0.1, 0.15) is 43.2 Å². The third-order valence-corrected chi connectivity index (χ3v) is 5.84. The van der Waals surface area contributed by atoms with E-state index in [0.717, 1.165) is 37.8 Å². The van der Waals surface area contributed by atoms with Crippen LogP contribution in [0.4, 0.5) is 32.3 Å². The standard InChI is InChI=1S/C22H22F6N4O/c23-21(24,25)12-13-11-14(22(26,27)28)8-9-15(13)19-17-6-4-10-32(17)20(31-30-19)29-16-5-2-1-3-7-18(16)33/h4,6,8-11,16,18,33H,1-3,5,7,12H2,(H,29,31). The largest absolute Gasteiger partial charge is 0.416 e. The Balaban J connectivity index is 1.76. The van der Waals surface area contributed by atoms with E-state index in [9.17, 15) is 31.4 Å². The number of alkyl halides is 6. The normalized spacial score (nSPS) is 20.1. The predicted molar refractivity (Wildman–Crippen MR) is 110 cm³/mol. The van der Waals surface area contributed by atoms with Gasteiger partial charge in [0, 0.05) is 11.8 Å². The van der Waals surface area contributed by atoms with E-state index in [1.165, 1.54) is 0 Å². The van der Waals surface area contributed by atoms with Gasteiger partial charge in [0.1, 0.15) is 5.69 Å². The lowest BCUT2D eigenvalue weighted by molar-refractivity contribution is -0.138. The van der Waals surface area contributed by atoms with E-state index in [-0.39, 0.29) is 17.3 Å². The second-order valence-electron chi connectivity index (χ2n) is 8.25. The maximum absolute atomic E-state index is 13.2. The number of halogens is 6. The van der Waals surface area contributed by atoms with Gasteiger partial charge in [-0.15, -0.1) is 10.2 Å². The molecule has 1 aliphatic carbocycles. The summed E-state index contributed by atoms with van der Waals surface area (Å²) < 4.78 is 80.4. The molecule has 0 bridgehead atoms. The van der Waals surface area contributed by atoms with Crippen molar-refractivity contribution in [1.82, 2.24) is 14.6 Å². The van der Waals surface area contributed by atoms with Crippen molar-refractivity contribution in [3.8, 4) is 11.3 Å². The minimum absolute atomic E-state index is 0.0416. The molecule has 5 nitrogen and oxygen atoms in total. The number of hydrogen-bond acceptors (Lipinski definition) is 4. The molecule has 1 aromatic carbocycles. The maximum Gasteiger partial charge on any atom is 0.416 e. The Hall–Kier alpha value is -2.82. The van der Waals surface area contributed by atoms with E-state index in [4.69, 9.17) is 0 Å². The molecule has 2 atom stereocenters. The molecule has 4 rings (SSSR count). The molecule has 178 valence electrons. The molecular formula is C22H22F6N4O. The highest BCUT2D eigenvalue weighted by atomic mass is 19.4. The van der Waals surface area contributed by atoms with Gasteiger partial charge < -0.3 is 10.4 Å². The monoisotopic (exact) mass is 472 g/mol. The molecule has 2 N–H and O–H groups in total.